The molecule has 3 heterocycles. The summed E-state index contributed by atoms with van der Waals surface area (Å²) in [6.45, 7) is 3.79. The number of anilines is 2. The number of nitrogens with one attached hydrogen (secondary N) is 1. The molecular formula is C16H20N6OS. The summed E-state index contributed by atoms with van der Waals surface area (Å²) in [5, 5.41) is 7.25. The lowest BCUT2D eigenvalue weighted by Crippen LogP contribution is -2.45. The van der Waals surface area contributed by atoms with E-state index in [4.69, 9.17) is 0 Å². The number of likely N-dealkylation sites (N-methyl/N-ethyl adjacent to an activating group) is 1. The van der Waals surface area contributed by atoms with Gasteiger partial charge in [-0.05, 0) is 12.6 Å². The van der Waals surface area contributed by atoms with Crippen LogP contribution in [0.25, 0.3) is 0 Å². The van der Waals surface area contributed by atoms with Crippen molar-refractivity contribution < 1.29 is 4.79 Å². The highest BCUT2D eigenvalue weighted by Crippen LogP contribution is 2.40. The van der Waals surface area contributed by atoms with Crippen molar-refractivity contribution in [2.24, 2.45) is 0 Å². The SMILES string of the molecule is CN1CCN(c2n[nH]c(N3C(=O)CSC3c3ccccc3)n2)CC1. The molecule has 2 aliphatic heterocycles. The Labute approximate surface area is 145 Å². The van der Waals surface area contributed by atoms with Gasteiger partial charge in [-0.15, -0.1) is 16.9 Å². The number of benzene rings is 1. The molecule has 2 aliphatic rings. The number of thioether (sulfide) groups is 1. The molecule has 1 N–H and O–H groups in total. The lowest BCUT2D eigenvalue weighted by atomic mass is 10.2. The van der Waals surface area contributed by atoms with Gasteiger partial charge in [0.05, 0.1) is 5.75 Å². The van der Waals surface area contributed by atoms with Crippen LogP contribution >= 0.6 is 11.8 Å². The van der Waals surface area contributed by atoms with Crippen LogP contribution in [0.2, 0.25) is 0 Å². The lowest BCUT2D eigenvalue weighted by Gasteiger charge is -2.31. The first-order valence-corrected chi connectivity index (χ1v) is 9.12. The topological polar surface area (TPSA) is 68.4 Å². The largest absolute Gasteiger partial charge is 0.337 e. The molecule has 1 amide bonds. The number of aromatic nitrogens is 3. The summed E-state index contributed by atoms with van der Waals surface area (Å²) in [5.41, 5.74) is 1.10. The third kappa shape index (κ3) is 2.87. The second kappa shape index (κ2) is 6.45. The summed E-state index contributed by atoms with van der Waals surface area (Å²) in [5.74, 6) is 1.74. The van der Waals surface area contributed by atoms with Crippen LogP contribution in [0.15, 0.2) is 30.3 Å². The van der Waals surface area contributed by atoms with E-state index in [9.17, 15) is 4.79 Å². The molecule has 0 radical (unpaired) electrons. The van der Waals surface area contributed by atoms with Gasteiger partial charge in [0, 0.05) is 26.2 Å². The van der Waals surface area contributed by atoms with Crippen LogP contribution in [0.1, 0.15) is 10.9 Å². The molecule has 7 nitrogen and oxygen atoms in total. The molecule has 8 heteroatoms. The van der Waals surface area contributed by atoms with E-state index in [1.54, 1.807) is 16.7 Å². The first-order chi connectivity index (χ1) is 11.7. The van der Waals surface area contributed by atoms with Gasteiger partial charge in [0.15, 0.2) is 0 Å². The standard InChI is InChI=1S/C16H20N6OS/c1-20-7-9-21(10-8-20)15-17-16(19-18-15)22-13(23)11-24-14(22)12-5-3-2-4-6-12/h2-6,14H,7-11H2,1H3,(H,17,18,19). The Bertz CT molecular complexity index is 712. The Morgan fingerprint density at radius 1 is 1.17 bits per heavy atom. The zero-order valence-electron chi connectivity index (χ0n) is 13.6. The Morgan fingerprint density at radius 2 is 1.92 bits per heavy atom. The van der Waals surface area contributed by atoms with Crippen molar-refractivity contribution >= 4 is 29.6 Å². The van der Waals surface area contributed by atoms with Crippen LogP contribution in [-0.4, -0.2) is 65.0 Å². The second-order valence-electron chi connectivity index (χ2n) is 6.09. The number of hydrogen-bond donors (Lipinski definition) is 1. The van der Waals surface area contributed by atoms with Crippen LogP contribution in [-0.2, 0) is 4.79 Å². The van der Waals surface area contributed by atoms with Crippen molar-refractivity contribution in [3.63, 3.8) is 0 Å². The van der Waals surface area contributed by atoms with Gasteiger partial charge in [-0.25, -0.2) is 5.10 Å². The zero-order chi connectivity index (χ0) is 16.5. The van der Waals surface area contributed by atoms with Gasteiger partial charge >= 0.3 is 0 Å². The molecule has 1 aromatic heterocycles. The molecular weight excluding hydrogens is 324 g/mol. The van der Waals surface area contributed by atoms with E-state index < -0.39 is 0 Å². The molecule has 1 atom stereocenters. The Kier molecular flexibility index (Phi) is 4.15. The van der Waals surface area contributed by atoms with Gasteiger partial charge in [0.2, 0.25) is 17.8 Å². The normalized spacial score (nSPS) is 22.4. The minimum absolute atomic E-state index is 0.0491. The average Bonchev–Trinajstić information content (AvgIpc) is 3.23. The van der Waals surface area contributed by atoms with E-state index in [0.717, 1.165) is 31.7 Å². The van der Waals surface area contributed by atoms with Crippen molar-refractivity contribution in [2.45, 2.75) is 5.37 Å². The van der Waals surface area contributed by atoms with Gasteiger partial charge in [0.25, 0.3) is 0 Å². The first kappa shape index (κ1) is 15.5. The molecule has 0 bridgehead atoms. The molecule has 4 rings (SSSR count). The van der Waals surface area contributed by atoms with Crippen LogP contribution in [0.5, 0.6) is 0 Å². The molecule has 0 aliphatic carbocycles. The number of amides is 1. The number of piperazine rings is 1. The summed E-state index contributed by atoms with van der Waals surface area (Å²) in [7, 11) is 2.12. The van der Waals surface area contributed by atoms with E-state index in [1.807, 2.05) is 30.3 Å². The molecule has 0 spiro atoms. The molecule has 2 fully saturated rings. The van der Waals surface area contributed by atoms with Crippen LogP contribution in [0.4, 0.5) is 11.9 Å². The van der Waals surface area contributed by atoms with E-state index in [0.29, 0.717) is 17.6 Å². The Morgan fingerprint density at radius 3 is 2.67 bits per heavy atom. The average molecular weight is 344 g/mol. The van der Waals surface area contributed by atoms with Gasteiger partial charge in [-0.3, -0.25) is 9.69 Å². The summed E-state index contributed by atoms with van der Waals surface area (Å²) in [4.78, 5) is 23.2. The number of aromatic amines is 1. The summed E-state index contributed by atoms with van der Waals surface area (Å²) < 4.78 is 0. The van der Waals surface area contributed by atoms with Crippen LogP contribution < -0.4 is 9.80 Å². The summed E-state index contributed by atoms with van der Waals surface area (Å²) in [6, 6.07) is 10.1. The minimum Gasteiger partial charge on any atom is -0.337 e. The summed E-state index contributed by atoms with van der Waals surface area (Å²) in [6.07, 6.45) is 0. The highest BCUT2D eigenvalue weighted by Gasteiger charge is 2.36. The van der Waals surface area contributed by atoms with Gasteiger partial charge in [0.1, 0.15) is 5.37 Å². The monoisotopic (exact) mass is 344 g/mol. The van der Waals surface area contributed by atoms with E-state index in [-0.39, 0.29) is 11.3 Å². The molecule has 2 aromatic rings. The van der Waals surface area contributed by atoms with Gasteiger partial charge in [-0.2, -0.15) is 4.98 Å². The van der Waals surface area contributed by atoms with Gasteiger partial charge in [-0.1, -0.05) is 30.3 Å². The van der Waals surface area contributed by atoms with E-state index in [1.165, 1.54) is 0 Å². The predicted molar refractivity (Wildman–Crippen MR) is 95.2 cm³/mol. The van der Waals surface area contributed by atoms with Crippen LogP contribution in [0.3, 0.4) is 0 Å². The highest BCUT2D eigenvalue weighted by atomic mass is 32.2. The maximum absolute atomic E-state index is 12.4. The number of H-pyrrole nitrogens is 1. The van der Waals surface area contributed by atoms with Crippen LogP contribution in [0, 0.1) is 0 Å². The third-order valence-electron chi connectivity index (χ3n) is 4.43. The summed E-state index contributed by atoms with van der Waals surface area (Å²) >= 11 is 1.62. The lowest BCUT2D eigenvalue weighted by molar-refractivity contribution is -0.115. The van der Waals surface area contributed by atoms with Gasteiger partial charge < -0.3 is 9.80 Å². The number of carbonyl (C=O) groups excluding carboxylic acids is 1. The molecule has 1 aromatic carbocycles. The quantitative estimate of drug-likeness (QED) is 0.906. The zero-order valence-corrected chi connectivity index (χ0v) is 14.4. The maximum atomic E-state index is 12.4. The molecule has 24 heavy (non-hydrogen) atoms. The van der Waals surface area contributed by atoms with E-state index >= 15 is 0 Å². The smallest absolute Gasteiger partial charge is 0.246 e. The second-order valence-corrected chi connectivity index (χ2v) is 7.16. The number of hydrogen-bond acceptors (Lipinski definition) is 6. The first-order valence-electron chi connectivity index (χ1n) is 8.07. The van der Waals surface area contributed by atoms with Crippen molar-refractivity contribution in [1.82, 2.24) is 20.1 Å². The Hall–Kier alpha value is -2.06. The number of nitrogens with zero attached hydrogens (tertiary/aromatic N) is 5. The predicted octanol–water partition coefficient (Wildman–Crippen LogP) is 1.34. The van der Waals surface area contributed by atoms with Crippen molar-refractivity contribution in [2.75, 3.05) is 48.8 Å². The maximum Gasteiger partial charge on any atom is 0.246 e. The molecule has 1 unspecified atom stereocenters. The molecule has 0 saturated carbocycles. The fraction of sp³-hybridized carbons (Fsp3) is 0.438. The number of rotatable bonds is 3. The molecule has 2 saturated heterocycles. The fourth-order valence-electron chi connectivity index (χ4n) is 3.02. The number of carbonyl (C=O) groups is 1. The van der Waals surface area contributed by atoms with Crippen molar-refractivity contribution in [1.29, 1.82) is 0 Å². The minimum atomic E-state index is -0.0491. The Balaban J connectivity index is 1.57. The highest BCUT2D eigenvalue weighted by molar-refractivity contribution is 8.00. The molecule has 126 valence electrons. The van der Waals surface area contributed by atoms with Crippen molar-refractivity contribution in [3.05, 3.63) is 35.9 Å². The van der Waals surface area contributed by atoms with E-state index in [2.05, 4.69) is 32.0 Å². The third-order valence-corrected chi connectivity index (χ3v) is 5.64. The van der Waals surface area contributed by atoms with Crippen molar-refractivity contribution in [3.8, 4) is 0 Å². The fourth-order valence-corrected chi connectivity index (χ4v) is 4.17.